The number of rotatable bonds is 5. The number of amides is 1. The van der Waals surface area contributed by atoms with Crippen LogP contribution in [0.2, 0.25) is 0 Å². The quantitative estimate of drug-likeness (QED) is 0.778. The van der Waals surface area contributed by atoms with Gasteiger partial charge in [-0.1, -0.05) is 48.5 Å². The molecule has 0 fully saturated rings. The zero-order chi connectivity index (χ0) is 17.8. The van der Waals surface area contributed by atoms with Crippen molar-refractivity contribution >= 4 is 16.7 Å². The summed E-state index contributed by atoms with van der Waals surface area (Å²) in [6.07, 6.45) is 3.39. The average molecular weight is 334 g/mol. The smallest absolute Gasteiger partial charge is 0.258 e. The van der Waals surface area contributed by atoms with E-state index in [1.54, 1.807) is 19.3 Å². The van der Waals surface area contributed by atoms with E-state index in [4.69, 9.17) is 0 Å². The van der Waals surface area contributed by atoms with Gasteiger partial charge < -0.3 is 9.88 Å². The maximum Gasteiger partial charge on any atom is 0.258 e. The molecule has 0 saturated heterocycles. The number of aryl methyl sites for hydroxylation is 2. The summed E-state index contributed by atoms with van der Waals surface area (Å²) in [4.78, 5) is 24.9. The summed E-state index contributed by atoms with van der Waals surface area (Å²) in [6.45, 7) is 2.00. The first-order valence-corrected chi connectivity index (χ1v) is 8.49. The summed E-state index contributed by atoms with van der Waals surface area (Å²) in [6, 6.07) is 17.5. The van der Waals surface area contributed by atoms with Crippen molar-refractivity contribution in [3.63, 3.8) is 0 Å². The highest BCUT2D eigenvalue weighted by Gasteiger charge is 2.15. The Morgan fingerprint density at radius 2 is 1.68 bits per heavy atom. The number of aromatic nitrogens is 1. The fourth-order valence-corrected chi connectivity index (χ4v) is 3.00. The summed E-state index contributed by atoms with van der Waals surface area (Å²) >= 11 is 0. The molecule has 1 atom stereocenters. The molecule has 3 rings (SSSR count). The summed E-state index contributed by atoms with van der Waals surface area (Å²) in [5, 5.41) is 4.31. The molecule has 1 aromatic heterocycles. The number of pyridine rings is 1. The van der Waals surface area contributed by atoms with Crippen molar-refractivity contribution in [3.05, 3.63) is 82.3 Å². The minimum atomic E-state index is -0.146. The zero-order valence-corrected chi connectivity index (χ0v) is 14.5. The number of nitrogens with one attached hydrogen (secondary N) is 1. The lowest BCUT2D eigenvalue weighted by molar-refractivity contribution is 0.0939. The molecule has 1 amide bonds. The van der Waals surface area contributed by atoms with E-state index in [-0.39, 0.29) is 17.5 Å². The van der Waals surface area contributed by atoms with Gasteiger partial charge in [0.25, 0.3) is 11.5 Å². The van der Waals surface area contributed by atoms with Crippen LogP contribution in [0.25, 0.3) is 10.8 Å². The number of benzene rings is 2. The largest absolute Gasteiger partial charge is 0.350 e. The topological polar surface area (TPSA) is 51.1 Å². The molecule has 0 aliphatic rings. The maximum absolute atomic E-state index is 12.7. The van der Waals surface area contributed by atoms with E-state index in [0.717, 1.165) is 12.8 Å². The fourth-order valence-electron chi connectivity index (χ4n) is 3.00. The first-order valence-electron chi connectivity index (χ1n) is 8.49. The normalized spacial score (nSPS) is 12.1. The van der Waals surface area contributed by atoms with Crippen LogP contribution in [0, 0.1) is 0 Å². The lowest BCUT2D eigenvalue weighted by atomic mass is 10.0. The van der Waals surface area contributed by atoms with Crippen LogP contribution in [0.15, 0.2) is 65.6 Å². The van der Waals surface area contributed by atoms with Gasteiger partial charge in [-0.3, -0.25) is 9.59 Å². The predicted molar refractivity (Wildman–Crippen MR) is 101 cm³/mol. The molecule has 0 saturated carbocycles. The van der Waals surface area contributed by atoms with Gasteiger partial charge in [0.1, 0.15) is 0 Å². The van der Waals surface area contributed by atoms with Crippen LogP contribution in [0.3, 0.4) is 0 Å². The van der Waals surface area contributed by atoms with E-state index < -0.39 is 0 Å². The Labute approximate surface area is 147 Å². The molecule has 0 aliphatic carbocycles. The monoisotopic (exact) mass is 334 g/mol. The van der Waals surface area contributed by atoms with Crippen molar-refractivity contribution in [2.75, 3.05) is 0 Å². The van der Waals surface area contributed by atoms with Gasteiger partial charge in [0.2, 0.25) is 0 Å². The molecule has 2 aromatic carbocycles. The molecule has 0 spiro atoms. The van der Waals surface area contributed by atoms with Gasteiger partial charge in [-0.2, -0.15) is 0 Å². The fraction of sp³-hybridized carbons (Fsp3) is 0.238. The van der Waals surface area contributed by atoms with Crippen molar-refractivity contribution in [2.45, 2.75) is 25.8 Å². The minimum Gasteiger partial charge on any atom is -0.350 e. The van der Waals surface area contributed by atoms with Gasteiger partial charge in [0, 0.05) is 30.1 Å². The van der Waals surface area contributed by atoms with E-state index in [1.165, 1.54) is 10.1 Å². The van der Waals surface area contributed by atoms with Gasteiger partial charge in [0.15, 0.2) is 0 Å². The van der Waals surface area contributed by atoms with E-state index in [9.17, 15) is 9.59 Å². The Balaban J connectivity index is 1.76. The molecular weight excluding hydrogens is 312 g/mol. The lowest BCUT2D eigenvalue weighted by Crippen LogP contribution is -2.34. The second kappa shape index (κ2) is 7.34. The number of fused-ring (bicyclic) bond motifs is 1. The number of hydrogen-bond donors (Lipinski definition) is 1. The van der Waals surface area contributed by atoms with Crippen LogP contribution in [-0.4, -0.2) is 16.5 Å². The second-order valence-electron chi connectivity index (χ2n) is 6.40. The Kier molecular flexibility index (Phi) is 4.98. The average Bonchev–Trinajstić information content (AvgIpc) is 2.64. The second-order valence-corrected chi connectivity index (χ2v) is 6.40. The van der Waals surface area contributed by atoms with Crippen LogP contribution < -0.4 is 10.9 Å². The number of carbonyl (C=O) groups excluding carboxylic acids is 1. The van der Waals surface area contributed by atoms with E-state index >= 15 is 0 Å². The van der Waals surface area contributed by atoms with E-state index in [0.29, 0.717) is 16.3 Å². The highest BCUT2D eigenvalue weighted by molar-refractivity contribution is 6.06. The van der Waals surface area contributed by atoms with Crippen molar-refractivity contribution in [1.29, 1.82) is 0 Å². The number of hydrogen-bond acceptors (Lipinski definition) is 2. The number of nitrogens with zero attached hydrogens (tertiary/aromatic N) is 1. The maximum atomic E-state index is 12.7. The molecule has 4 nitrogen and oxygen atoms in total. The Morgan fingerprint density at radius 3 is 2.40 bits per heavy atom. The SMILES string of the molecule is C[C@@H](CCc1ccccc1)NC(=O)c1cn(C)c(=O)c2ccccc12. The van der Waals surface area contributed by atoms with Crippen LogP contribution in [0.5, 0.6) is 0 Å². The molecule has 128 valence electrons. The molecule has 0 unspecified atom stereocenters. The molecule has 4 heteroatoms. The van der Waals surface area contributed by atoms with Crippen LogP contribution in [0.1, 0.15) is 29.3 Å². The first kappa shape index (κ1) is 17.0. The van der Waals surface area contributed by atoms with Gasteiger partial charge in [-0.15, -0.1) is 0 Å². The van der Waals surface area contributed by atoms with Gasteiger partial charge in [0.05, 0.1) is 5.56 Å². The Morgan fingerprint density at radius 1 is 1.04 bits per heavy atom. The Bertz CT molecular complexity index is 945. The van der Waals surface area contributed by atoms with Crippen LogP contribution in [-0.2, 0) is 13.5 Å². The van der Waals surface area contributed by atoms with Gasteiger partial charge in [-0.25, -0.2) is 0 Å². The van der Waals surface area contributed by atoms with Gasteiger partial charge >= 0.3 is 0 Å². The van der Waals surface area contributed by atoms with Crippen molar-refractivity contribution < 1.29 is 4.79 Å². The summed E-state index contributed by atoms with van der Waals surface area (Å²) in [5.74, 6) is -0.146. The first-order chi connectivity index (χ1) is 12.1. The number of carbonyl (C=O) groups is 1. The molecular formula is C21H22N2O2. The summed E-state index contributed by atoms with van der Waals surface area (Å²) in [7, 11) is 1.67. The van der Waals surface area contributed by atoms with Crippen LogP contribution in [0.4, 0.5) is 0 Å². The van der Waals surface area contributed by atoms with Crippen molar-refractivity contribution in [3.8, 4) is 0 Å². The minimum absolute atomic E-state index is 0.0451. The molecule has 0 aliphatic heterocycles. The highest BCUT2D eigenvalue weighted by atomic mass is 16.2. The highest BCUT2D eigenvalue weighted by Crippen LogP contribution is 2.15. The summed E-state index contributed by atoms with van der Waals surface area (Å²) in [5.41, 5.74) is 1.70. The third kappa shape index (κ3) is 3.79. The van der Waals surface area contributed by atoms with E-state index in [2.05, 4.69) is 17.4 Å². The van der Waals surface area contributed by atoms with Crippen molar-refractivity contribution in [1.82, 2.24) is 9.88 Å². The Hall–Kier alpha value is -2.88. The molecule has 25 heavy (non-hydrogen) atoms. The molecule has 3 aromatic rings. The molecule has 0 bridgehead atoms. The third-order valence-electron chi connectivity index (χ3n) is 4.42. The zero-order valence-electron chi connectivity index (χ0n) is 14.5. The van der Waals surface area contributed by atoms with Crippen LogP contribution >= 0.6 is 0 Å². The lowest BCUT2D eigenvalue weighted by Gasteiger charge is -2.15. The van der Waals surface area contributed by atoms with Crippen molar-refractivity contribution in [2.24, 2.45) is 7.05 Å². The van der Waals surface area contributed by atoms with E-state index in [1.807, 2.05) is 43.3 Å². The molecule has 1 N–H and O–H groups in total. The van der Waals surface area contributed by atoms with Gasteiger partial charge in [-0.05, 0) is 31.4 Å². The third-order valence-corrected chi connectivity index (χ3v) is 4.42. The molecule has 0 radical (unpaired) electrons. The summed E-state index contributed by atoms with van der Waals surface area (Å²) < 4.78 is 1.46. The predicted octanol–water partition coefficient (Wildman–Crippen LogP) is 3.29. The molecule has 1 heterocycles. The standard InChI is InChI=1S/C21H22N2O2/c1-15(12-13-16-8-4-3-5-9-16)22-20(24)19-14-23(2)21(25)18-11-7-6-10-17(18)19/h3-11,14-15H,12-13H2,1-2H3,(H,22,24)/t15-/m0/s1.